The Morgan fingerprint density at radius 1 is 0.810 bits per heavy atom. The summed E-state index contributed by atoms with van der Waals surface area (Å²) in [5.41, 5.74) is 0. The number of hydrogen-bond acceptors (Lipinski definition) is 4. The van der Waals surface area contributed by atoms with Gasteiger partial charge in [-0.05, 0) is 32.1 Å². The summed E-state index contributed by atoms with van der Waals surface area (Å²) in [4.78, 5) is 46.8. The Morgan fingerprint density at radius 2 is 1.43 bits per heavy atom. The van der Waals surface area contributed by atoms with E-state index in [1.54, 1.807) is 0 Å². The molecule has 0 bridgehead atoms. The lowest BCUT2D eigenvalue weighted by molar-refractivity contribution is -0.143. The molecule has 0 fully saturated rings. The van der Waals surface area contributed by atoms with Crippen molar-refractivity contribution < 1.29 is 19.2 Å². The number of hydrogen-bond donors (Lipinski definition) is 0. The van der Waals surface area contributed by atoms with Crippen LogP contribution in [0.1, 0.15) is 59.8 Å². The second-order valence-electron chi connectivity index (χ2n) is 5.60. The minimum absolute atomic E-state index is 0.181. The van der Waals surface area contributed by atoms with E-state index in [2.05, 4.69) is 0 Å². The molecule has 0 saturated carbocycles. The largest absolute Gasteiger partial charge is 0.303 e. The van der Waals surface area contributed by atoms with Gasteiger partial charge in [0.15, 0.2) is 0 Å². The van der Waals surface area contributed by atoms with Gasteiger partial charge in [-0.1, -0.05) is 27.7 Å². The molecule has 120 valence electrons. The zero-order valence-corrected chi connectivity index (χ0v) is 13.6. The van der Waals surface area contributed by atoms with Gasteiger partial charge in [0.05, 0.1) is 0 Å². The van der Waals surface area contributed by atoms with E-state index in [4.69, 9.17) is 0 Å². The summed E-state index contributed by atoms with van der Waals surface area (Å²) in [5, 5.41) is 0. The van der Waals surface area contributed by atoms with Crippen molar-refractivity contribution in [3.8, 4) is 0 Å². The van der Waals surface area contributed by atoms with Crippen molar-refractivity contribution in [3.63, 3.8) is 0 Å². The van der Waals surface area contributed by atoms with Gasteiger partial charge in [-0.3, -0.25) is 9.59 Å². The Balaban J connectivity index is 5.03. The summed E-state index contributed by atoms with van der Waals surface area (Å²) in [7, 11) is 0. The molecular formula is C17H28O4. The Kier molecular flexibility index (Phi) is 9.76. The molecule has 0 saturated heterocycles. The third-order valence-electron chi connectivity index (χ3n) is 4.35. The Morgan fingerprint density at radius 3 is 1.76 bits per heavy atom. The zero-order chi connectivity index (χ0) is 16.4. The second-order valence-corrected chi connectivity index (χ2v) is 5.60. The van der Waals surface area contributed by atoms with Gasteiger partial charge in [-0.2, -0.15) is 0 Å². The van der Waals surface area contributed by atoms with Crippen molar-refractivity contribution in [1.29, 1.82) is 0 Å². The van der Waals surface area contributed by atoms with Gasteiger partial charge >= 0.3 is 0 Å². The molecule has 0 aromatic carbocycles. The Labute approximate surface area is 127 Å². The molecule has 0 aliphatic heterocycles. The molecule has 0 radical (unpaired) electrons. The van der Waals surface area contributed by atoms with Crippen molar-refractivity contribution in [3.05, 3.63) is 0 Å². The molecule has 0 aromatic rings. The predicted octanol–water partition coefficient (Wildman–Crippen LogP) is 3.02. The first-order chi connectivity index (χ1) is 10.00. The minimum Gasteiger partial charge on any atom is -0.303 e. The third kappa shape index (κ3) is 5.52. The maximum atomic E-state index is 12.4. The van der Waals surface area contributed by atoms with Gasteiger partial charge in [-0.25, -0.2) is 0 Å². The van der Waals surface area contributed by atoms with Crippen LogP contribution in [0.4, 0.5) is 0 Å². The van der Waals surface area contributed by atoms with Gasteiger partial charge in [0.2, 0.25) is 11.6 Å². The van der Waals surface area contributed by atoms with E-state index in [9.17, 15) is 19.2 Å². The smallest absolute Gasteiger partial charge is 0.202 e. The third-order valence-corrected chi connectivity index (χ3v) is 4.35. The molecule has 0 amide bonds. The Bertz CT molecular complexity index is 362. The number of carbonyl (C=O) groups excluding carboxylic acids is 4. The van der Waals surface area contributed by atoms with E-state index in [0.717, 1.165) is 12.6 Å². The summed E-state index contributed by atoms with van der Waals surface area (Å²) in [6.07, 6.45) is 4.33. The lowest BCUT2D eigenvalue weighted by Crippen LogP contribution is -2.34. The molecule has 0 spiro atoms. The Hall–Kier alpha value is -1.32. The number of ketones is 2. The summed E-state index contributed by atoms with van der Waals surface area (Å²) >= 11 is 0. The fourth-order valence-electron chi connectivity index (χ4n) is 2.69. The molecule has 0 heterocycles. The molecule has 4 unspecified atom stereocenters. The highest BCUT2D eigenvalue weighted by atomic mass is 16.2. The van der Waals surface area contributed by atoms with Crippen molar-refractivity contribution in [2.75, 3.05) is 0 Å². The normalized spacial score (nSPS) is 16.6. The fourth-order valence-corrected chi connectivity index (χ4v) is 2.69. The molecule has 0 rings (SSSR count). The predicted molar refractivity (Wildman–Crippen MR) is 81.9 cm³/mol. The maximum Gasteiger partial charge on any atom is 0.202 e. The molecule has 4 heteroatoms. The van der Waals surface area contributed by atoms with Crippen LogP contribution in [-0.2, 0) is 19.2 Å². The van der Waals surface area contributed by atoms with Gasteiger partial charge in [0, 0.05) is 23.7 Å². The van der Waals surface area contributed by atoms with Crippen LogP contribution in [0, 0.1) is 23.7 Å². The van der Waals surface area contributed by atoms with Gasteiger partial charge in [0.1, 0.15) is 12.6 Å². The highest BCUT2D eigenvalue weighted by Crippen LogP contribution is 2.24. The van der Waals surface area contributed by atoms with E-state index >= 15 is 0 Å². The number of carbonyl (C=O) groups is 4. The van der Waals surface area contributed by atoms with E-state index in [-0.39, 0.29) is 5.92 Å². The minimum atomic E-state index is -0.523. The van der Waals surface area contributed by atoms with Crippen LogP contribution >= 0.6 is 0 Å². The quantitative estimate of drug-likeness (QED) is 0.410. The molecule has 0 aliphatic carbocycles. The molecular weight excluding hydrogens is 268 g/mol. The number of rotatable bonds is 12. The highest BCUT2D eigenvalue weighted by molar-refractivity contribution is 6.39. The summed E-state index contributed by atoms with van der Waals surface area (Å²) < 4.78 is 0. The molecule has 4 atom stereocenters. The van der Waals surface area contributed by atoms with E-state index < -0.39 is 29.3 Å². The molecule has 4 nitrogen and oxygen atoms in total. The first kappa shape index (κ1) is 19.7. The first-order valence-corrected chi connectivity index (χ1v) is 7.98. The van der Waals surface area contributed by atoms with Crippen molar-refractivity contribution >= 4 is 24.1 Å². The molecule has 0 aliphatic rings. The van der Waals surface area contributed by atoms with Crippen molar-refractivity contribution in [2.45, 2.75) is 59.8 Å². The van der Waals surface area contributed by atoms with Gasteiger partial charge in [-0.15, -0.1) is 0 Å². The summed E-state index contributed by atoms with van der Waals surface area (Å²) in [6, 6.07) is 0. The highest BCUT2D eigenvalue weighted by Gasteiger charge is 2.34. The van der Waals surface area contributed by atoms with E-state index in [0.29, 0.717) is 32.1 Å². The summed E-state index contributed by atoms with van der Waals surface area (Å²) in [5.74, 6) is -2.36. The van der Waals surface area contributed by atoms with Crippen LogP contribution in [0.5, 0.6) is 0 Å². The average Bonchev–Trinajstić information content (AvgIpc) is 2.52. The number of Topliss-reactive ketones (excluding diaryl/α,β-unsaturated/α-hetero) is 2. The lowest BCUT2D eigenvalue weighted by Gasteiger charge is -2.22. The molecule has 21 heavy (non-hydrogen) atoms. The monoisotopic (exact) mass is 296 g/mol. The van der Waals surface area contributed by atoms with E-state index in [1.165, 1.54) is 0 Å². The van der Waals surface area contributed by atoms with Gasteiger partial charge in [0.25, 0.3) is 0 Å². The van der Waals surface area contributed by atoms with Crippen molar-refractivity contribution in [2.24, 2.45) is 23.7 Å². The SMILES string of the molecule is CCC(C=O)CC(CC)C(=O)C(=O)C(CC)C(C=O)CC. The topological polar surface area (TPSA) is 68.3 Å². The summed E-state index contributed by atoms with van der Waals surface area (Å²) in [6.45, 7) is 7.41. The maximum absolute atomic E-state index is 12.4. The van der Waals surface area contributed by atoms with Crippen LogP contribution in [-0.4, -0.2) is 24.1 Å². The average molecular weight is 296 g/mol. The van der Waals surface area contributed by atoms with Gasteiger partial charge < -0.3 is 9.59 Å². The second kappa shape index (κ2) is 10.4. The fraction of sp³-hybridized carbons (Fsp3) is 0.765. The van der Waals surface area contributed by atoms with Crippen LogP contribution in [0.2, 0.25) is 0 Å². The van der Waals surface area contributed by atoms with E-state index in [1.807, 2.05) is 27.7 Å². The first-order valence-electron chi connectivity index (χ1n) is 7.98. The standard InChI is InChI=1S/C17H28O4/c1-5-12(10-18)9-13(6-2)16(20)17(21)15(8-4)14(7-3)11-19/h10-15H,5-9H2,1-4H3. The lowest BCUT2D eigenvalue weighted by atomic mass is 9.79. The van der Waals surface area contributed by atoms with Crippen LogP contribution < -0.4 is 0 Å². The molecule has 0 N–H and O–H groups in total. The van der Waals surface area contributed by atoms with Crippen LogP contribution in [0.25, 0.3) is 0 Å². The zero-order valence-electron chi connectivity index (χ0n) is 13.6. The van der Waals surface area contributed by atoms with Crippen LogP contribution in [0.3, 0.4) is 0 Å². The van der Waals surface area contributed by atoms with Crippen molar-refractivity contribution in [1.82, 2.24) is 0 Å². The number of aldehydes is 2. The molecule has 0 aromatic heterocycles. The van der Waals surface area contributed by atoms with Crippen LogP contribution in [0.15, 0.2) is 0 Å².